The number of halogens is 1. The third-order valence-corrected chi connectivity index (χ3v) is 4.60. The van der Waals surface area contributed by atoms with Gasteiger partial charge in [-0.05, 0) is 58.5 Å². The van der Waals surface area contributed by atoms with Crippen LogP contribution in [0, 0.1) is 0 Å². The van der Waals surface area contributed by atoms with E-state index in [0.717, 1.165) is 27.8 Å². The first-order valence-electron chi connectivity index (χ1n) is 9.21. The topological polar surface area (TPSA) is 49.7 Å². The van der Waals surface area contributed by atoms with Crippen molar-refractivity contribution in [3.8, 4) is 11.5 Å². The lowest BCUT2D eigenvalue weighted by Crippen LogP contribution is -2.01. The molecule has 0 saturated heterocycles. The first-order valence-corrected chi connectivity index (χ1v) is 9.74. The standard InChI is InChI=1S/C24H23ClO3/c25-14-13-23(18-5-2-1-3-6-18)24(20-7-4-8-21(27)17-20)19-9-11-22(12-10-19)28-16-15-26/h1-12,17,26-27H,13-16H2/b24-23-. The molecule has 0 aromatic heterocycles. The van der Waals surface area contributed by atoms with Crippen LogP contribution in [0.3, 0.4) is 0 Å². The smallest absolute Gasteiger partial charge is 0.119 e. The summed E-state index contributed by atoms with van der Waals surface area (Å²) in [4.78, 5) is 0. The number of phenolic OH excluding ortho intramolecular Hbond substituents is 1. The Morgan fingerprint density at radius 1 is 0.821 bits per heavy atom. The molecule has 0 saturated carbocycles. The average Bonchev–Trinajstić information content (AvgIpc) is 2.73. The second-order valence-corrected chi connectivity index (χ2v) is 6.68. The van der Waals surface area contributed by atoms with Gasteiger partial charge in [0.1, 0.15) is 18.1 Å². The van der Waals surface area contributed by atoms with Crippen molar-refractivity contribution in [1.82, 2.24) is 0 Å². The highest BCUT2D eigenvalue weighted by Crippen LogP contribution is 2.36. The molecule has 28 heavy (non-hydrogen) atoms. The molecule has 0 unspecified atom stereocenters. The molecule has 2 N–H and O–H groups in total. The van der Waals surface area contributed by atoms with Gasteiger partial charge in [0, 0.05) is 5.88 Å². The molecular weight excluding hydrogens is 372 g/mol. The van der Waals surface area contributed by atoms with E-state index < -0.39 is 0 Å². The lowest BCUT2D eigenvalue weighted by molar-refractivity contribution is 0.201. The molecule has 0 heterocycles. The van der Waals surface area contributed by atoms with Crippen molar-refractivity contribution in [2.24, 2.45) is 0 Å². The molecule has 0 radical (unpaired) electrons. The fourth-order valence-electron chi connectivity index (χ4n) is 3.21. The van der Waals surface area contributed by atoms with Crippen LogP contribution in [0.15, 0.2) is 78.9 Å². The average molecular weight is 395 g/mol. The predicted molar refractivity (Wildman–Crippen MR) is 115 cm³/mol. The quantitative estimate of drug-likeness (QED) is 0.400. The largest absolute Gasteiger partial charge is 0.508 e. The van der Waals surface area contributed by atoms with Crippen LogP contribution in [-0.2, 0) is 0 Å². The van der Waals surface area contributed by atoms with Gasteiger partial charge >= 0.3 is 0 Å². The summed E-state index contributed by atoms with van der Waals surface area (Å²) in [7, 11) is 0. The minimum atomic E-state index is -0.0237. The third-order valence-electron chi connectivity index (χ3n) is 4.41. The van der Waals surface area contributed by atoms with Crippen LogP contribution in [0.5, 0.6) is 11.5 Å². The van der Waals surface area contributed by atoms with E-state index >= 15 is 0 Å². The van der Waals surface area contributed by atoms with Gasteiger partial charge in [0.05, 0.1) is 6.61 Å². The molecule has 0 amide bonds. The maximum absolute atomic E-state index is 10.0. The number of allylic oxidation sites excluding steroid dienone is 1. The van der Waals surface area contributed by atoms with Crippen LogP contribution in [0.2, 0.25) is 0 Å². The van der Waals surface area contributed by atoms with Gasteiger partial charge in [0.2, 0.25) is 0 Å². The lowest BCUT2D eigenvalue weighted by Gasteiger charge is -2.17. The molecule has 0 spiro atoms. The van der Waals surface area contributed by atoms with Crippen molar-refractivity contribution < 1.29 is 14.9 Å². The van der Waals surface area contributed by atoms with Crippen LogP contribution < -0.4 is 4.74 Å². The van der Waals surface area contributed by atoms with Gasteiger partial charge in [-0.3, -0.25) is 0 Å². The Morgan fingerprint density at radius 2 is 1.54 bits per heavy atom. The molecule has 0 aliphatic rings. The molecule has 144 valence electrons. The Labute approximate surface area is 170 Å². The van der Waals surface area contributed by atoms with E-state index in [9.17, 15) is 5.11 Å². The van der Waals surface area contributed by atoms with E-state index in [2.05, 4.69) is 12.1 Å². The van der Waals surface area contributed by atoms with Crippen molar-refractivity contribution in [2.45, 2.75) is 6.42 Å². The molecule has 0 bridgehead atoms. The first kappa shape index (κ1) is 20.0. The molecule has 3 aromatic carbocycles. The molecule has 0 atom stereocenters. The van der Waals surface area contributed by atoms with E-state index in [4.69, 9.17) is 21.4 Å². The highest BCUT2D eigenvalue weighted by atomic mass is 35.5. The fraction of sp³-hybridized carbons (Fsp3) is 0.167. The fourth-order valence-corrected chi connectivity index (χ4v) is 3.39. The summed E-state index contributed by atoms with van der Waals surface area (Å²) >= 11 is 6.15. The minimum Gasteiger partial charge on any atom is -0.508 e. The Bertz CT molecular complexity index is 918. The number of aromatic hydroxyl groups is 1. The van der Waals surface area contributed by atoms with E-state index in [1.54, 1.807) is 12.1 Å². The Balaban J connectivity index is 2.16. The van der Waals surface area contributed by atoms with E-state index in [1.165, 1.54) is 0 Å². The van der Waals surface area contributed by atoms with E-state index in [1.807, 2.05) is 54.6 Å². The van der Waals surface area contributed by atoms with Crippen molar-refractivity contribution in [1.29, 1.82) is 0 Å². The molecule has 3 nitrogen and oxygen atoms in total. The number of aliphatic hydroxyl groups excluding tert-OH is 1. The van der Waals surface area contributed by atoms with Gasteiger partial charge in [0.15, 0.2) is 0 Å². The van der Waals surface area contributed by atoms with Crippen LogP contribution in [0.1, 0.15) is 23.1 Å². The van der Waals surface area contributed by atoms with E-state index in [-0.39, 0.29) is 19.0 Å². The molecule has 3 rings (SSSR count). The molecular formula is C24H23ClO3. The van der Waals surface area contributed by atoms with Gasteiger partial charge in [-0.1, -0.05) is 54.6 Å². The predicted octanol–water partition coefficient (Wildman–Crippen LogP) is 5.35. The Morgan fingerprint density at radius 3 is 2.18 bits per heavy atom. The number of rotatable bonds is 8. The first-order chi connectivity index (χ1) is 13.7. The Kier molecular flexibility index (Phi) is 7.12. The summed E-state index contributed by atoms with van der Waals surface area (Å²) in [5, 5.41) is 19.0. The number of aliphatic hydroxyl groups is 1. The summed E-state index contributed by atoms with van der Waals surface area (Å²) in [6, 6.07) is 25.2. The summed E-state index contributed by atoms with van der Waals surface area (Å²) in [5.41, 5.74) is 5.17. The summed E-state index contributed by atoms with van der Waals surface area (Å²) in [6.45, 7) is 0.236. The van der Waals surface area contributed by atoms with Crippen molar-refractivity contribution in [3.05, 3.63) is 95.6 Å². The number of hydrogen-bond donors (Lipinski definition) is 2. The zero-order chi connectivity index (χ0) is 19.8. The van der Waals surface area contributed by atoms with Crippen molar-refractivity contribution in [2.75, 3.05) is 19.1 Å². The maximum Gasteiger partial charge on any atom is 0.119 e. The van der Waals surface area contributed by atoms with Crippen LogP contribution >= 0.6 is 11.6 Å². The maximum atomic E-state index is 10.0. The highest BCUT2D eigenvalue weighted by molar-refractivity contribution is 6.18. The third kappa shape index (κ3) is 4.94. The highest BCUT2D eigenvalue weighted by Gasteiger charge is 2.14. The number of ether oxygens (including phenoxy) is 1. The molecule has 0 fully saturated rings. The minimum absolute atomic E-state index is 0.0237. The zero-order valence-electron chi connectivity index (χ0n) is 15.5. The monoisotopic (exact) mass is 394 g/mol. The van der Waals surface area contributed by atoms with E-state index in [0.29, 0.717) is 18.1 Å². The molecule has 0 aliphatic heterocycles. The summed E-state index contributed by atoms with van der Waals surface area (Å²) in [6.07, 6.45) is 0.694. The number of phenols is 1. The van der Waals surface area contributed by atoms with Crippen LogP contribution in [0.4, 0.5) is 0 Å². The van der Waals surface area contributed by atoms with Crippen LogP contribution in [0.25, 0.3) is 11.1 Å². The van der Waals surface area contributed by atoms with Crippen molar-refractivity contribution >= 4 is 22.7 Å². The second kappa shape index (κ2) is 9.98. The van der Waals surface area contributed by atoms with Crippen molar-refractivity contribution in [3.63, 3.8) is 0 Å². The van der Waals surface area contributed by atoms with Gasteiger partial charge < -0.3 is 14.9 Å². The second-order valence-electron chi connectivity index (χ2n) is 6.31. The Hall–Kier alpha value is -2.75. The normalized spacial score (nSPS) is 11.8. The van der Waals surface area contributed by atoms with Gasteiger partial charge in [-0.25, -0.2) is 0 Å². The summed E-state index contributed by atoms with van der Waals surface area (Å²) in [5.74, 6) is 1.41. The van der Waals surface area contributed by atoms with Gasteiger partial charge in [-0.15, -0.1) is 11.6 Å². The number of alkyl halides is 1. The summed E-state index contributed by atoms with van der Waals surface area (Å²) < 4.78 is 5.48. The SMILES string of the molecule is OCCOc1ccc(/C(=C(\CCCl)c2ccccc2)c2cccc(O)c2)cc1. The number of benzene rings is 3. The zero-order valence-corrected chi connectivity index (χ0v) is 16.3. The number of hydrogen-bond acceptors (Lipinski definition) is 3. The van der Waals surface area contributed by atoms with Crippen LogP contribution in [-0.4, -0.2) is 29.3 Å². The van der Waals surface area contributed by atoms with Gasteiger partial charge in [-0.2, -0.15) is 0 Å². The molecule has 4 heteroatoms. The molecule has 3 aromatic rings. The molecule has 0 aliphatic carbocycles. The van der Waals surface area contributed by atoms with Gasteiger partial charge in [0.25, 0.3) is 0 Å². The lowest BCUT2D eigenvalue weighted by atomic mass is 9.88.